The maximum absolute atomic E-state index is 11.2. The molecule has 0 radical (unpaired) electrons. The Balaban J connectivity index is 1.84. The quantitative estimate of drug-likeness (QED) is 0.764. The first-order valence-corrected chi connectivity index (χ1v) is 7.17. The molecule has 0 aliphatic carbocycles. The Morgan fingerprint density at radius 2 is 2.09 bits per heavy atom. The van der Waals surface area contributed by atoms with Crippen molar-refractivity contribution in [3.8, 4) is 5.75 Å². The molecule has 0 unspecified atom stereocenters. The average molecular weight is 319 g/mol. The number of halogens is 1. The number of methoxy groups -OCH3 is 1. The van der Waals surface area contributed by atoms with Crippen LogP contribution in [0.4, 0.5) is 5.69 Å². The van der Waals surface area contributed by atoms with E-state index >= 15 is 0 Å². The minimum atomic E-state index is -0.456. The summed E-state index contributed by atoms with van der Waals surface area (Å²) in [6, 6.07) is 11.2. The second kappa shape index (κ2) is 5.77. The number of H-pyrrole nitrogens is 1. The number of benzene rings is 2. The maximum Gasteiger partial charge on any atom is 0.417 e. The summed E-state index contributed by atoms with van der Waals surface area (Å²) in [4.78, 5) is 13.8. The van der Waals surface area contributed by atoms with Crippen LogP contribution in [0.3, 0.4) is 0 Å². The molecule has 2 aromatic carbocycles. The van der Waals surface area contributed by atoms with Crippen LogP contribution in [-0.2, 0) is 0 Å². The molecule has 2 N–H and O–H groups in total. The second-order valence-electron chi connectivity index (χ2n) is 4.99. The average Bonchev–Trinajstić information content (AvgIpc) is 2.86. The zero-order valence-corrected chi connectivity index (χ0v) is 12.9. The van der Waals surface area contributed by atoms with Crippen LogP contribution in [0.25, 0.3) is 11.1 Å². The first kappa shape index (κ1) is 14.5. The molecule has 0 spiro atoms. The van der Waals surface area contributed by atoms with Gasteiger partial charge in [-0.2, -0.15) is 0 Å². The standard InChI is InChI=1S/C16H15ClN2O3/c1-9(10-3-5-14(21-2)12(17)7-10)18-11-4-6-15-13(8-11)19-16(20)22-15/h3-9,18H,1-2H3,(H,19,20)/t9-/m1/s1. The number of anilines is 1. The lowest BCUT2D eigenvalue weighted by atomic mass is 10.1. The largest absolute Gasteiger partial charge is 0.495 e. The molecule has 0 saturated heterocycles. The van der Waals surface area contributed by atoms with E-state index < -0.39 is 5.76 Å². The van der Waals surface area contributed by atoms with Crippen LogP contribution in [0.2, 0.25) is 5.02 Å². The Morgan fingerprint density at radius 1 is 1.27 bits per heavy atom. The van der Waals surface area contributed by atoms with Crippen molar-refractivity contribution in [2.45, 2.75) is 13.0 Å². The van der Waals surface area contributed by atoms with Crippen molar-refractivity contribution in [1.82, 2.24) is 4.98 Å². The number of oxazole rings is 1. The van der Waals surface area contributed by atoms with Gasteiger partial charge in [-0.25, -0.2) is 4.79 Å². The van der Waals surface area contributed by atoms with Gasteiger partial charge >= 0.3 is 5.76 Å². The minimum Gasteiger partial charge on any atom is -0.495 e. The highest BCUT2D eigenvalue weighted by atomic mass is 35.5. The van der Waals surface area contributed by atoms with Gasteiger partial charge in [-0.3, -0.25) is 4.98 Å². The van der Waals surface area contributed by atoms with Gasteiger partial charge in [0.2, 0.25) is 0 Å². The van der Waals surface area contributed by atoms with E-state index in [4.69, 9.17) is 20.8 Å². The maximum atomic E-state index is 11.2. The van der Waals surface area contributed by atoms with Crippen LogP contribution in [0.1, 0.15) is 18.5 Å². The monoisotopic (exact) mass is 318 g/mol. The van der Waals surface area contributed by atoms with E-state index in [1.165, 1.54) is 0 Å². The Hall–Kier alpha value is -2.40. The molecule has 1 heterocycles. The predicted octanol–water partition coefficient (Wildman–Crippen LogP) is 3.96. The fourth-order valence-electron chi connectivity index (χ4n) is 2.33. The Labute approximate surface area is 131 Å². The molecule has 6 heteroatoms. The molecule has 0 saturated carbocycles. The van der Waals surface area contributed by atoms with Crippen molar-refractivity contribution < 1.29 is 9.15 Å². The van der Waals surface area contributed by atoms with E-state index in [0.29, 0.717) is 21.9 Å². The molecule has 3 aromatic rings. The number of aromatic nitrogens is 1. The predicted molar refractivity (Wildman–Crippen MR) is 86.9 cm³/mol. The summed E-state index contributed by atoms with van der Waals surface area (Å²) in [7, 11) is 1.59. The van der Waals surface area contributed by atoms with Crippen molar-refractivity contribution in [1.29, 1.82) is 0 Å². The molecule has 22 heavy (non-hydrogen) atoms. The van der Waals surface area contributed by atoms with Crippen LogP contribution in [0, 0.1) is 0 Å². The number of hydrogen-bond acceptors (Lipinski definition) is 4. The van der Waals surface area contributed by atoms with Gasteiger partial charge in [0.1, 0.15) is 5.75 Å². The molecule has 3 rings (SSSR count). The van der Waals surface area contributed by atoms with Crippen molar-refractivity contribution >= 4 is 28.4 Å². The SMILES string of the molecule is COc1ccc([C@@H](C)Nc2ccc3oc(=O)[nH]c3c2)cc1Cl. The Kier molecular flexibility index (Phi) is 3.81. The minimum absolute atomic E-state index is 0.0412. The van der Waals surface area contributed by atoms with Gasteiger partial charge in [-0.05, 0) is 42.8 Å². The Bertz CT molecular complexity index is 869. The second-order valence-corrected chi connectivity index (χ2v) is 5.39. The molecule has 0 bridgehead atoms. The summed E-state index contributed by atoms with van der Waals surface area (Å²) in [5, 5.41) is 3.93. The number of hydrogen-bond donors (Lipinski definition) is 2. The van der Waals surface area contributed by atoms with Crippen LogP contribution in [0.5, 0.6) is 5.75 Å². The molecule has 5 nitrogen and oxygen atoms in total. The lowest BCUT2D eigenvalue weighted by Gasteiger charge is -2.16. The molecule has 0 aliphatic heterocycles. The lowest BCUT2D eigenvalue weighted by molar-refractivity contribution is 0.415. The number of fused-ring (bicyclic) bond motifs is 1. The van der Waals surface area contributed by atoms with Crippen LogP contribution in [-0.4, -0.2) is 12.1 Å². The van der Waals surface area contributed by atoms with Crippen LogP contribution >= 0.6 is 11.6 Å². The molecule has 1 aromatic heterocycles. The van der Waals surface area contributed by atoms with Crippen molar-refractivity contribution in [2.75, 3.05) is 12.4 Å². The Morgan fingerprint density at radius 3 is 2.82 bits per heavy atom. The normalized spacial score (nSPS) is 12.3. The van der Waals surface area contributed by atoms with E-state index in [1.807, 2.05) is 37.3 Å². The molecular weight excluding hydrogens is 304 g/mol. The number of ether oxygens (including phenoxy) is 1. The van der Waals surface area contributed by atoms with Crippen molar-refractivity contribution in [2.24, 2.45) is 0 Å². The third-order valence-corrected chi connectivity index (χ3v) is 3.77. The van der Waals surface area contributed by atoms with E-state index in [9.17, 15) is 4.79 Å². The summed E-state index contributed by atoms with van der Waals surface area (Å²) in [5.41, 5.74) is 3.11. The third-order valence-electron chi connectivity index (χ3n) is 3.48. The van der Waals surface area contributed by atoms with E-state index in [0.717, 1.165) is 11.3 Å². The van der Waals surface area contributed by atoms with Gasteiger partial charge in [-0.1, -0.05) is 17.7 Å². The van der Waals surface area contributed by atoms with Crippen molar-refractivity contribution in [3.63, 3.8) is 0 Å². The first-order chi connectivity index (χ1) is 10.6. The molecule has 1 atom stereocenters. The summed E-state index contributed by atoms with van der Waals surface area (Å²) >= 11 is 6.15. The number of rotatable bonds is 4. The van der Waals surface area contributed by atoms with E-state index in [2.05, 4.69) is 10.3 Å². The van der Waals surface area contributed by atoms with Gasteiger partial charge in [0.15, 0.2) is 5.58 Å². The van der Waals surface area contributed by atoms with E-state index in [-0.39, 0.29) is 6.04 Å². The summed E-state index contributed by atoms with van der Waals surface area (Å²) in [5.74, 6) is 0.192. The smallest absolute Gasteiger partial charge is 0.417 e. The number of aromatic amines is 1. The van der Waals surface area contributed by atoms with Gasteiger partial charge in [0.25, 0.3) is 0 Å². The van der Waals surface area contributed by atoms with E-state index in [1.54, 1.807) is 13.2 Å². The molecule has 0 fully saturated rings. The fourth-order valence-corrected chi connectivity index (χ4v) is 2.59. The van der Waals surface area contributed by atoms with Gasteiger partial charge in [0.05, 0.1) is 17.6 Å². The summed E-state index contributed by atoms with van der Waals surface area (Å²) in [6.07, 6.45) is 0. The lowest BCUT2D eigenvalue weighted by Crippen LogP contribution is -2.06. The van der Waals surface area contributed by atoms with Gasteiger partial charge in [0, 0.05) is 11.7 Å². The van der Waals surface area contributed by atoms with Gasteiger partial charge < -0.3 is 14.5 Å². The molecular formula is C16H15ClN2O3. The molecule has 0 aliphatic rings. The number of nitrogens with one attached hydrogen (secondary N) is 2. The molecule has 114 valence electrons. The third kappa shape index (κ3) is 2.80. The van der Waals surface area contributed by atoms with Crippen LogP contribution < -0.4 is 15.8 Å². The van der Waals surface area contributed by atoms with Gasteiger partial charge in [-0.15, -0.1) is 0 Å². The highest BCUT2D eigenvalue weighted by molar-refractivity contribution is 6.32. The first-order valence-electron chi connectivity index (χ1n) is 6.79. The topological polar surface area (TPSA) is 67.3 Å². The van der Waals surface area contributed by atoms with Crippen LogP contribution in [0.15, 0.2) is 45.6 Å². The fraction of sp³-hybridized carbons (Fsp3) is 0.188. The molecule has 0 amide bonds. The van der Waals surface area contributed by atoms with Crippen molar-refractivity contribution in [3.05, 3.63) is 57.5 Å². The zero-order chi connectivity index (χ0) is 15.7. The zero-order valence-electron chi connectivity index (χ0n) is 12.1. The highest BCUT2D eigenvalue weighted by Gasteiger charge is 2.10. The highest BCUT2D eigenvalue weighted by Crippen LogP contribution is 2.29. The summed E-state index contributed by atoms with van der Waals surface area (Å²) in [6.45, 7) is 2.03. The summed E-state index contributed by atoms with van der Waals surface area (Å²) < 4.78 is 10.1.